The molecule has 0 bridgehead atoms. The van der Waals surface area contributed by atoms with Gasteiger partial charge in [-0.1, -0.05) is 0 Å². The number of benzene rings is 1. The Morgan fingerprint density at radius 3 is 2.82 bits per heavy atom. The topological polar surface area (TPSA) is 72.6 Å². The lowest BCUT2D eigenvalue weighted by atomic mass is 10.0. The van der Waals surface area contributed by atoms with Gasteiger partial charge in [0.25, 0.3) is 5.69 Å². The highest BCUT2D eigenvalue weighted by atomic mass is 16.6. The summed E-state index contributed by atoms with van der Waals surface area (Å²) in [5.41, 5.74) is 0.583. The molecule has 1 N–H and O–H groups in total. The predicted molar refractivity (Wildman–Crippen MR) is 62.1 cm³/mol. The first-order valence-electron chi connectivity index (χ1n) is 5.61. The quantitative estimate of drug-likeness (QED) is 0.627. The highest BCUT2D eigenvalue weighted by Gasteiger charge is 2.31. The molecule has 17 heavy (non-hydrogen) atoms. The Kier molecular flexibility index (Phi) is 3.28. The molecule has 0 spiro atoms. The van der Waals surface area contributed by atoms with Crippen molar-refractivity contribution >= 4 is 5.69 Å². The van der Waals surface area contributed by atoms with Gasteiger partial charge in [-0.25, -0.2) is 0 Å². The zero-order valence-corrected chi connectivity index (χ0v) is 9.63. The maximum Gasteiger partial charge on any atom is 0.276 e. The molecule has 1 aromatic rings. The summed E-state index contributed by atoms with van der Waals surface area (Å²) in [7, 11) is 1.47. The molecular weight excluding hydrogens is 222 g/mol. The van der Waals surface area contributed by atoms with Crippen LogP contribution in [0.4, 0.5) is 5.69 Å². The molecule has 1 saturated carbocycles. The van der Waals surface area contributed by atoms with E-state index in [1.54, 1.807) is 12.1 Å². The Labute approximate surface area is 99.2 Å². The molecule has 1 aliphatic carbocycles. The molecule has 5 nitrogen and oxygen atoms in total. The van der Waals surface area contributed by atoms with E-state index in [1.165, 1.54) is 13.2 Å². The van der Waals surface area contributed by atoms with Gasteiger partial charge in [0.2, 0.25) is 0 Å². The van der Waals surface area contributed by atoms with Crippen LogP contribution in [0.1, 0.15) is 18.4 Å². The third kappa shape index (κ3) is 2.74. The first-order chi connectivity index (χ1) is 8.11. The van der Waals surface area contributed by atoms with Gasteiger partial charge in [0.15, 0.2) is 0 Å². The molecule has 0 radical (unpaired) electrons. The van der Waals surface area contributed by atoms with Crippen LogP contribution in [0.15, 0.2) is 18.2 Å². The summed E-state index contributed by atoms with van der Waals surface area (Å²) in [4.78, 5) is 10.5. The highest BCUT2D eigenvalue weighted by molar-refractivity contribution is 5.46. The van der Waals surface area contributed by atoms with Crippen LogP contribution in [-0.2, 0) is 6.42 Å². The number of nitrogens with zero attached hydrogens (tertiary/aromatic N) is 1. The van der Waals surface area contributed by atoms with Gasteiger partial charge in [-0.15, -0.1) is 0 Å². The highest BCUT2D eigenvalue weighted by Crippen LogP contribution is 2.35. The van der Waals surface area contributed by atoms with Crippen LogP contribution in [0.25, 0.3) is 0 Å². The van der Waals surface area contributed by atoms with Crippen LogP contribution in [0.2, 0.25) is 0 Å². The van der Waals surface area contributed by atoms with E-state index in [0.29, 0.717) is 23.7 Å². The van der Waals surface area contributed by atoms with Crippen molar-refractivity contribution in [3.05, 3.63) is 33.9 Å². The van der Waals surface area contributed by atoms with Gasteiger partial charge in [0, 0.05) is 12.0 Å². The molecule has 1 aromatic carbocycles. The van der Waals surface area contributed by atoms with Crippen LogP contribution in [0.5, 0.6) is 5.75 Å². The second-order valence-electron chi connectivity index (χ2n) is 4.36. The average molecular weight is 237 g/mol. The van der Waals surface area contributed by atoms with Crippen molar-refractivity contribution < 1.29 is 14.8 Å². The van der Waals surface area contributed by atoms with E-state index in [-0.39, 0.29) is 5.69 Å². The Morgan fingerprint density at radius 1 is 1.59 bits per heavy atom. The van der Waals surface area contributed by atoms with Crippen molar-refractivity contribution in [3.8, 4) is 5.75 Å². The van der Waals surface area contributed by atoms with E-state index >= 15 is 0 Å². The van der Waals surface area contributed by atoms with Gasteiger partial charge < -0.3 is 9.84 Å². The Hall–Kier alpha value is -1.62. The monoisotopic (exact) mass is 237 g/mol. The predicted octanol–water partition coefficient (Wildman–Crippen LogP) is 1.92. The number of nitro groups is 1. The molecule has 0 aliphatic heterocycles. The standard InChI is InChI=1S/C12H15NO4/c1-17-10-5-4-9(11(7-10)13(15)16)6-12(14)8-2-3-8/h4-5,7-8,12,14H,2-3,6H2,1H3. The molecule has 1 aliphatic rings. The fourth-order valence-electron chi connectivity index (χ4n) is 1.89. The lowest BCUT2D eigenvalue weighted by Crippen LogP contribution is -2.13. The van der Waals surface area contributed by atoms with E-state index in [2.05, 4.69) is 0 Å². The minimum Gasteiger partial charge on any atom is -0.497 e. The van der Waals surface area contributed by atoms with Crippen LogP contribution in [0.3, 0.4) is 0 Å². The van der Waals surface area contributed by atoms with Crippen molar-refractivity contribution in [1.82, 2.24) is 0 Å². The molecular formula is C12H15NO4. The third-order valence-electron chi connectivity index (χ3n) is 3.08. The molecule has 1 fully saturated rings. The molecule has 0 amide bonds. The SMILES string of the molecule is COc1ccc(CC(O)C2CC2)c([N+](=O)[O-])c1. The van der Waals surface area contributed by atoms with Gasteiger partial charge >= 0.3 is 0 Å². The Bertz CT molecular complexity index is 429. The second kappa shape index (κ2) is 4.71. The van der Waals surface area contributed by atoms with Crippen molar-refractivity contribution in [2.75, 3.05) is 7.11 Å². The maximum atomic E-state index is 10.9. The van der Waals surface area contributed by atoms with Crippen molar-refractivity contribution in [3.63, 3.8) is 0 Å². The Balaban J connectivity index is 2.22. The van der Waals surface area contributed by atoms with Gasteiger partial charge in [-0.05, 0) is 30.9 Å². The number of aliphatic hydroxyl groups is 1. The molecule has 2 rings (SSSR count). The number of hydrogen-bond donors (Lipinski definition) is 1. The molecule has 0 aromatic heterocycles. The van der Waals surface area contributed by atoms with Crippen molar-refractivity contribution in [2.24, 2.45) is 5.92 Å². The van der Waals surface area contributed by atoms with Crippen LogP contribution in [-0.4, -0.2) is 23.2 Å². The lowest BCUT2D eigenvalue weighted by Gasteiger charge is -2.10. The lowest BCUT2D eigenvalue weighted by molar-refractivity contribution is -0.385. The van der Waals surface area contributed by atoms with E-state index < -0.39 is 11.0 Å². The summed E-state index contributed by atoms with van der Waals surface area (Å²) in [5.74, 6) is 0.776. The first kappa shape index (κ1) is 11.9. The molecule has 0 saturated heterocycles. The fourth-order valence-corrected chi connectivity index (χ4v) is 1.89. The fraction of sp³-hybridized carbons (Fsp3) is 0.500. The zero-order chi connectivity index (χ0) is 12.4. The molecule has 1 atom stereocenters. The normalized spacial score (nSPS) is 16.6. The number of nitro benzene ring substituents is 1. The van der Waals surface area contributed by atoms with E-state index in [1.807, 2.05) is 0 Å². The maximum absolute atomic E-state index is 10.9. The zero-order valence-electron chi connectivity index (χ0n) is 9.63. The summed E-state index contributed by atoms with van der Waals surface area (Å²) >= 11 is 0. The average Bonchev–Trinajstić information content (AvgIpc) is 3.13. The van der Waals surface area contributed by atoms with E-state index in [0.717, 1.165) is 12.8 Å². The Morgan fingerprint density at radius 2 is 2.29 bits per heavy atom. The van der Waals surface area contributed by atoms with Crippen LogP contribution < -0.4 is 4.74 Å². The summed E-state index contributed by atoms with van der Waals surface area (Å²) in [6.07, 6.45) is 1.91. The molecule has 0 heterocycles. The number of rotatable bonds is 5. The number of hydrogen-bond acceptors (Lipinski definition) is 4. The largest absolute Gasteiger partial charge is 0.497 e. The minimum absolute atomic E-state index is 0.0176. The summed E-state index contributed by atoms with van der Waals surface area (Å²) in [5, 5.41) is 20.7. The molecule has 5 heteroatoms. The van der Waals surface area contributed by atoms with Crippen molar-refractivity contribution in [1.29, 1.82) is 0 Å². The van der Waals surface area contributed by atoms with Crippen LogP contribution in [0, 0.1) is 16.0 Å². The minimum atomic E-state index is -0.470. The van der Waals surface area contributed by atoms with Gasteiger partial charge in [0.05, 0.1) is 24.2 Å². The van der Waals surface area contributed by atoms with E-state index in [4.69, 9.17) is 4.74 Å². The number of methoxy groups -OCH3 is 1. The summed E-state index contributed by atoms with van der Waals surface area (Å²) in [6, 6.07) is 4.74. The number of aliphatic hydroxyl groups excluding tert-OH is 1. The second-order valence-corrected chi connectivity index (χ2v) is 4.36. The first-order valence-corrected chi connectivity index (χ1v) is 5.61. The van der Waals surface area contributed by atoms with Gasteiger partial charge in [-0.2, -0.15) is 0 Å². The van der Waals surface area contributed by atoms with Crippen molar-refractivity contribution in [2.45, 2.75) is 25.4 Å². The van der Waals surface area contributed by atoms with Gasteiger partial charge in [0.1, 0.15) is 5.75 Å². The van der Waals surface area contributed by atoms with Crippen LogP contribution >= 0.6 is 0 Å². The number of ether oxygens (including phenoxy) is 1. The third-order valence-corrected chi connectivity index (χ3v) is 3.08. The van der Waals surface area contributed by atoms with Gasteiger partial charge in [-0.3, -0.25) is 10.1 Å². The smallest absolute Gasteiger partial charge is 0.276 e. The molecule has 92 valence electrons. The van der Waals surface area contributed by atoms with E-state index in [9.17, 15) is 15.2 Å². The summed E-state index contributed by atoms with van der Waals surface area (Å²) < 4.78 is 4.96. The molecule has 1 unspecified atom stereocenters. The summed E-state index contributed by atoms with van der Waals surface area (Å²) in [6.45, 7) is 0.